The van der Waals surface area contributed by atoms with Crippen LogP contribution in [0.15, 0.2) is 30.3 Å². The Hall–Kier alpha value is -1.97. The Bertz CT molecular complexity index is 1010. The Kier molecular flexibility index (Phi) is 7.09. The molecule has 3 aliphatic rings. The van der Waals surface area contributed by atoms with Crippen molar-refractivity contribution in [1.82, 2.24) is 9.79 Å². The van der Waals surface area contributed by atoms with Gasteiger partial charge in [-0.05, 0) is 55.4 Å². The number of nitrogens with one attached hydrogen (secondary N) is 1. The van der Waals surface area contributed by atoms with Gasteiger partial charge in [0.1, 0.15) is 6.04 Å². The fourth-order valence-corrected chi connectivity index (χ4v) is 9.01. The van der Waals surface area contributed by atoms with Gasteiger partial charge in [-0.2, -0.15) is 5.48 Å². The summed E-state index contributed by atoms with van der Waals surface area (Å²) >= 11 is 0. The van der Waals surface area contributed by atoms with E-state index in [9.17, 15) is 18.0 Å². The molecule has 1 spiro atoms. The maximum atomic E-state index is 13.7. The number of carbonyl (C=O) groups excluding carboxylic acids is 2. The van der Waals surface area contributed by atoms with Gasteiger partial charge in [0.2, 0.25) is 10.0 Å². The van der Waals surface area contributed by atoms with Crippen molar-refractivity contribution >= 4 is 21.9 Å². The quantitative estimate of drug-likeness (QED) is 0.304. The van der Waals surface area contributed by atoms with Crippen LogP contribution in [0.25, 0.3) is 0 Å². The number of hydrogen-bond acceptors (Lipinski definition) is 7. The maximum absolute atomic E-state index is 13.7. The summed E-state index contributed by atoms with van der Waals surface area (Å²) in [7, 11) is -3.71. The summed E-state index contributed by atoms with van der Waals surface area (Å²) in [6.07, 6.45) is 4.17. The normalized spacial score (nSPS) is 29.1. The third-order valence-corrected chi connectivity index (χ3v) is 10.3. The first-order chi connectivity index (χ1) is 16.1. The number of nitrogens with zero attached hydrogens (tertiary/aromatic N) is 1. The van der Waals surface area contributed by atoms with Crippen LogP contribution in [0.1, 0.15) is 64.9 Å². The number of carbonyl (C=O) groups is 2. The summed E-state index contributed by atoms with van der Waals surface area (Å²) in [6.45, 7) is 6.22. The zero-order valence-corrected chi connectivity index (χ0v) is 21.1. The van der Waals surface area contributed by atoms with E-state index in [4.69, 9.17) is 9.57 Å². The number of benzene rings is 1. The molecule has 1 N–H and O–H groups in total. The van der Waals surface area contributed by atoms with Gasteiger partial charge in [0.05, 0.1) is 25.0 Å². The molecule has 4 atom stereocenters. The summed E-state index contributed by atoms with van der Waals surface area (Å²) < 4.78 is 32.8. The fourth-order valence-electron chi connectivity index (χ4n) is 6.43. The fraction of sp³-hybridized carbons (Fsp3) is 0.680. The maximum Gasteiger partial charge on any atom is 0.302 e. The van der Waals surface area contributed by atoms with Crippen LogP contribution < -0.4 is 5.48 Å². The zero-order chi connectivity index (χ0) is 24.6. The van der Waals surface area contributed by atoms with Crippen molar-refractivity contribution in [1.29, 1.82) is 0 Å². The van der Waals surface area contributed by atoms with Crippen molar-refractivity contribution in [2.75, 3.05) is 12.4 Å². The minimum atomic E-state index is -3.71. The molecule has 188 valence electrons. The molecular weight excluding hydrogens is 456 g/mol. The van der Waals surface area contributed by atoms with Gasteiger partial charge in [-0.15, -0.1) is 0 Å². The molecule has 8 nitrogen and oxygen atoms in total. The SMILES string of the molecule is CC(=O)OCCCC[C@@H](NOCc1ccccc1)C(=O)N1[C@H]2C[C@@H]3CC[C@@]2(CS1(=O)=O)C3(C)C. The van der Waals surface area contributed by atoms with E-state index < -0.39 is 22.0 Å². The van der Waals surface area contributed by atoms with Crippen molar-refractivity contribution in [2.24, 2.45) is 16.7 Å². The average Bonchev–Trinajstić information content (AvgIpc) is 3.25. The Morgan fingerprint density at radius 2 is 1.94 bits per heavy atom. The van der Waals surface area contributed by atoms with Crippen LogP contribution in [0, 0.1) is 16.7 Å². The Morgan fingerprint density at radius 3 is 2.62 bits per heavy atom. The van der Waals surface area contributed by atoms with E-state index in [1.807, 2.05) is 30.3 Å². The molecule has 0 unspecified atom stereocenters. The second-order valence-corrected chi connectivity index (χ2v) is 12.4. The van der Waals surface area contributed by atoms with Crippen LogP contribution in [0.3, 0.4) is 0 Å². The molecule has 0 radical (unpaired) electrons. The molecule has 1 amide bonds. The lowest BCUT2D eigenvalue weighted by Crippen LogP contribution is -2.51. The predicted molar refractivity (Wildman–Crippen MR) is 127 cm³/mol. The highest BCUT2D eigenvalue weighted by Gasteiger charge is 2.72. The van der Waals surface area contributed by atoms with E-state index in [1.54, 1.807) is 0 Å². The first-order valence-electron chi connectivity index (χ1n) is 12.2. The van der Waals surface area contributed by atoms with E-state index in [0.717, 1.165) is 24.8 Å². The summed E-state index contributed by atoms with van der Waals surface area (Å²) in [6, 6.07) is 8.49. The monoisotopic (exact) mass is 492 g/mol. The molecule has 1 saturated heterocycles. The smallest absolute Gasteiger partial charge is 0.302 e. The number of unbranched alkanes of at least 4 members (excludes halogenated alkanes) is 1. The molecule has 1 heterocycles. The molecule has 2 bridgehead atoms. The average molecular weight is 493 g/mol. The standard InChI is InChI=1S/C25H36N2O6S/c1-18(28)32-14-8-7-11-21(26-33-16-19-9-5-4-6-10-19)23(29)27-22-15-20-12-13-25(22,24(20,2)3)17-34(27,30)31/h4-6,9-10,20-22,26H,7-8,11-17H2,1-3H3/t20-,21+,22-,25-/m0/s1. The van der Waals surface area contributed by atoms with Gasteiger partial charge in [-0.25, -0.2) is 12.7 Å². The molecule has 3 fully saturated rings. The van der Waals surface area contributed by atoms with Crippen molar-refractivity contribution in [3.63, 3.8) is 0 Å². The van der Waals surface area contributed by atoms with Crippen LogP contribution in [-0.4, -0.2) is 49.0 Å². The number of amides is 1. The molecule has 0 aromatic heterocycles. The number of esters is 1. The number of hydrogen-bond donors (Lipinski definition) is 1. The predicted octanol–water partition coefficient (Wildman–Crippen LogP) is 3.18. The lowest BCUT2D eigenvalue weighted by atomic mass is 9.69. The second-order valence-electron chi connectivity index (χ2n) is 10.5. The third-order valence-electron chi connectivity index (χ3n) is 8.43. The van der Waals surface area contributed by atoms with Crippen molar-refractivity contribution in [3.8, 4) is 0 Å². The topological polar surface area (TPSA) is 102 Å². The minimum absolute atomic E-state index is 0.0456. The first-order valence-corrected chi connectivity index (χ1v) is 13.8. The largest absolute Gasteiger partial charge is 0.466 e. The van der Waals surface area contributed by atoms with Crippen molar-refractivity contribution < 1.29 is 27.6 Å². The first kappa shape index (κ1) is 25.1. The highest BCUT2D eigenvalue weighted by Crippen LogP contribution is 2.70. The van der Waals surface area contributed by atoms with Crippen LogP contribution in [0.4, 0.5) is 0 Å². The molecule has 4 rings (SSSR count). The Balaban J connectivity index is 1.47. The van der Waals surface area contributed by atoms with E-state index >= 15 is 0 Å². The van der Waals surface area contributed by atoms with E-state index in [2.05, 4.69) is 19.3 Å². The van der Waals surface area contributed by atoms with Crippen LogP contribution in [0.5, 0.6) is 0 Å². The molecule has 9 heteroatoms. The van der Waals surface area contributed by atoms with Gasteiger partial charge in [0, 0.05) is 12.3 Å². The third kappa shape index (κ3) is 4.50. The van der Waals surface area contributed by atoms with Crippen LogP contribution in [0.2, 0.25) is 0 Å². The van der Waals surface area contributed by atoms with Crippen LogP contribution >= 0.6 is 0 Å². The molecule has 1 aromatic carbocycles. The highest BCUT2D eigenvalue weighted by atomic mass is 32.2. The molecule has 2 saturated carbocycles. The van der Waals surface area contributed by atoms with Gasteiger partial charge in [0.25, 0.3) is 5.91 Å². The number of hydroxylamine groups is 1. The minimum Gasteiger partial charge on any atom is -0.466 e. The highest BCUT2D eigenvalue weighted by molar-refractivity contribution is 7.90. The Labute approximate surface area is 202 Å². The van der Waals surface area contributed by atoms with E-state index in [-0.39, 0.29) is 41.8 Å². The lowest BCUT2D eigenvalue weighted by Gasteiger charge is -2.37. The molecule has 2 aliphatic carbocycles. The van der Waals surface area contributed by atoms with Gasteiger partial charge in [0.15, 0.2) is 0 Å². The van der Waals surface area contributed by atoms with Gasteiger partial charge < -0.3 is 4.74 Å². The number of ether oxygens (including phenoxy) is 1. The van der Waals surface area contributed by atoms with Gasteiger partial charge in [-0.3, -0.25) is 14.4 Å². The summed E-state index contributed by atoms with van der Waals surface area (Å²) in [5.41, 5.74) is 3.34. The second kappa shape index (κ2) is 9.59. The molecule has 1 aliphatic heterocycles. The van der Waals surface area contributed by atoms with Gasteiger partial charge >= 0.3 is 5.97 Å². The summed E-state index contributed by atoms with van der Waals surface area (Å²) in [4.78, 5) is 30.4. The number of fused-ring (bicyclic) bond motifs is 1. The molecule has 34 heavy (non-hydrogen) atoms. The molecule has 1 aromatic rings. The molecular formula is C25H36N2O6S. The van der Waals surface area contributed by atoms with Crippen molar-refractivity contribution in [2.45, 2.75) is 78.0 Å². The number of sulfonamides is 1. The zero-order valence-electron chi connectivity index (χ0n) is 20.3. The van der Waals surface area contributed by atoms with Gasteiger partial charge in [-0.1, -0.05) is 44.2 Å². The van der Waals surface area contributed by atoms with Crippen LogP contribution in [-0.2, 0) is 35.8 Å². The lowest BCUT2D eigenvalue weighted by molar-refractivity contribution is -0.141. The van der Waals surface area contributed by atoms with E-state index in [0.29, 0.717) is 25.2 Å². The van der Waals surface area contributed by atoms with Crippen molar-refractivity contribution in [3.05, 3.63) is 35.9 Å². The van der Waals surface area contributed by atoms with E-state index in [1.165, 1.54) is 11.2 Å². The Morgan fingerprint density at radius 1 is 1.21 bits per heavy atom. The summed E-state index contributed by atoms with van der Waals surface area (Å²) in [5.74, 6) is -0.299. The number of rotatable bonds is 10. The summed E-state index contributed by atoms with van der Waals surface area (Å²) in [5, 5.41) is 0.